The van der Waals surface area contributed by atoms with Gasteiger partial charge in [-0.2, -0.15) is 0 Å². The zero-order valence-corrected chi connectivity index (χ0v) is 16.7. The SMILES string of the molecule is C=C(/C(C=O)=C(\CC)c1ccc(C(C)(C)C)cc1)c1ccc(CC)cc1. The van der Waals surface area contributed by atoms with Crippen LogP contribution >= 0.6 is 0 Å². The topological polar surface area (TPSA) is 17.1 Å². The van der Waals surface area contributed by atoms with Crippen LogP contribution in [0.4, 0.5) is 0 Å². The molecule has 136 valence electrons. The first-order valence-corrected chi connectivity index (χ1v) is 9.39. The van der Waals surface area contributed by atoms with Gasteiger partial charge in [0.15, 0.2) is 6.29 Å². The Labute approximate surface area is 158 Å². The van der Waals surface area contributed by atoms with E-state index in [1.807, 2.05) is 0 Å². The van der Waals surface area contributed by atoms with E-state index in [1.165, 1.54) is 11.1 Å². The van der Waals surface area contributed by atoms with Gasteiger partial charge in [-0.15, -0.1) is 0 Å². The van der Waals surface area contributed by atoms with Crippen LogP contribution in [0.25, 0.3) is 11.1 Å². The molecule has 0 aromatic heterocycles. The van der Waals surface area contributed by atoms with Gasteiger partial charge >= 0.3 is 0 Å². The van der Waals surface area contributed by atoms with Crippen molar-refractivity contribution in [1.82, 2.24) is 0 Å². The Morgan fingerprint density at radius 3 is 1.88 bits per heavy atom. The van der Waals surface area contributed by atoms with Crippen LogP contribution in [-0.2, 0) is 16.6 Å². The lowest BCUT2D eigenvalue weighted by atomic mass is 9.85. The van der Waals surface area contributed by atoms with Gasteiger partial charge in [0.05, 0.1) is 0 Å². The van der Waals surface area contributed by atoms with E-state index in [1.54, 1.807) is 0 Å². The van der Waals surface area contributed by atoms with Crippen LogP contribution in [0.15, 0.2) is 60.7 Å². The fraction of sp³-hybridized carbons (Fsp3) is 0.320. The van der Waals surface area contributed by atoms with Gasteiger partial charge in [0, 0.05) is 5.57 Å². The van der Waals surface area contributed by atoms with Gasteiger partial charge in [0.1, 0.15) is 0 Å². The number of aryl methyl sites for hydroxylation is 1. The van der Waals surface area contributed by atoms with Crippen molar-refractivity contribution in [3.05, 3.63) is 82.9 Å². The minimum absolute atomic E-state index is 0.118. The van der Waals surface area contributed by atoms with Crippen molar-refractivity contribution in [3.63, 3.8) is 0 Å². The van der Waals surface area contributed by atoms with E-state index >= 15 is 0 Å². The molecule has 0 amide bonds. The first-order chi connectivity index (χ1) is 12.3. The molecular formula is C25H30O. The first kappa shape index (κ1) is 19.9. The number of allylic oxidation sites excluding steroid dienone is 3. The number of hydrogen-bond acceptors (Lipinski definition) is 1. The standard InChI is InChI=1S/C25H30O/c1-7-19-9-11-20(12-10-19)18(3)24(17-26)23(8-2)21-13-15-22(16-14-21)25(4,5)6/h9-17H,3,7-8H2,1-2,4-6H3/b24-23+. The van der Waals surface area contributed by atoms with Crippen LogP contribution in [0, 0.1) is 0 Å². The lowest BCUT2D eigenvalue weighted by molar-refractivity contribution is -0.104. The first-order valence-electron chi connectivity index (χ1n) is 9.39. The van der Waals surface area contributed by atoms with Crippen molar-refractivity contribution in [1.29, 1.82) is 0 Å². The number of hydrogen-bond donors (Lipinski definition) is 0. The van der Waals surface area contributed by atoms with Crippen LogP contribution in [0.1, 0.15) is 63.3 Å². The number of rotatable bonds is 6. The second-order valence-electron chi connectivity index (χ2n) is 7.72. The van der Waals surface area contributed by atoms with Crippen LogP contribution < -0.4 is 0 Å². The third-order valence-electron chi connectivity index (χ3n) is 4.93. The Kier molecular flexibility index (Phi) is 6.37. The molecule has 0 spiro atoms. The highest BCUT2D eigenvalue weighted by Crippen LogP contribution is 2.31. The number of carbonyl (C=O) groups is 1. The molecule has 0 atom stereocenters. The average molecular weight is 347 g/mol. The van der Waals surface area contributed by atoms with E-state index in [4.69, 9.17) is 0 Å². The summed E-state index contributed by atoms with van der Waals surface area (Å²) in [5, 5.41) is 0. The third kappa shape index (κ3) is 4.40. The molecule has 0 N–H and O–H groups in total. The van der Waals surface area contributed by atoms with E-state index in [-0.39, 0.29) is 5.41 Å². The smallest absolute Gasteiger partial charge is 0.150 e. The molecule has 26 heavy (non-hydrogen) atoms. The summed E-state index contributed by atoms with van der Waals surface area (Å²) < 4.78 is 0. The minimum Gasteiger partial charge on any atom is -0.298 e. The molecule has 1 heteroatoms. The molecule has 2 rings (SSSR count). The minimum atomic E-state index is 0.118. The summed E-state index contributed by atoms with van der Waals surface area (Å²) >= 11 is 0. The number of benzene rings is 2. The van der Waals surface area contributed by atoms with Gasteiger partial charge in [-0.05, 0) is 51.7 Å². The van der Waals surface area contributed by atoms with E-state index in [9.17, 15) is 4.79 Å². The molecule has 0 aliphatic rings. The van der Waals surface area contributed by atoms with E-state index in [2.05, 4.69) is 89.7 Å². The van der Waals surface area contributed by atoms with Crippen LogP contribution in [0.3, 0.4) is 0 Å². The Morgan fingerprint density at radius 1 is 0.923 bits per heavy atom. The second kappa shape index (κ2) is 8.31. The van der Waals surface area contributed by atoms with Crippen molar-refractivity contribution < 1.29 is 4.79 Å². The van der Waals surface area contributed by atoms with Crippen molar-refractivity contribution in [2.75, 3.05) is 0 Å². The molecule has 0 fully saturated rings. The summed E-state index contributed by atoms with van der Waals surface area (Å²) in [6.07, 6.45) is 2.74. The molecule has 0 heterocycles. The molecule has 0 unspecified atom stereocenters. The van der Waals surface area contributed by atoms with Crippen molar-refractivity contribution in [2.24, 2.45) is 0 Å². The van der Waals surface area contributed by atoms with Crippen molar-refractivity contribution in [3.8, 4) is 0 Å². The quantitative estimate of drug-likeness (QED) is 0.326. The molecule has 0 radical (unpaired) electrons. The number of aldehydes is 1. The monoisotopic (exact) mass is 346 g/mol. The van der Waals surface area contributed by atoms with E-state index in [0.717, 1.165) is 41.4 Å². The molecule has 0 saturated heterocycles. The lowest BCUT2D eigenvalue weighted by Crippen LogP contribution is -2.10. The lowest BCUT2D eigenvalue weighted by Gasteiger charge is -2.20. The Hall–Kier alpha value is -2.41. The van der Waals surface area contributed by atoms with E-state index < -0.39 is 0 Å². The maximum absolute atomic E-state index is 11.9. The zero-order valence-electron chi connectivity index (χ0n) is 16.7. The molecule has 1 nitrogen and oxygen atoms in total. The van der Waals surface area contributed by atoms with Crippen molar-refractivity contribution in [2.45, 2.75) is 52.9 Å². The fourth-order valence-corrected chi connectivity index (χ4v) is 3.14. The molecule has 0 saturated carbocycles. The van der Waals surface area contributed by atoms with Gasteiger partial charge in [0.25, 0.3) is 0 Å². The molecule has 0 aliphatic carbocycles. The van der Waals surface area contributed by atoms with Gasteiger partial charge in [-0.3, -0.25) is 4.79 Å². The predicted molar refractivity (Wildman–Crippen MR) is 113 cm³/mol. The van der Waals surface area contributed by atoms with Crippen molar-refractivity contribution >= 4 is 17.4 Å². The Balaban J connectivity index is 2.45. The number of carbonyl (C=O) groups excluding carboxylic acids is 1. The highest BCUT2D eigenvalue weighted by Gasteiger charge is 2.15. The second-order valence-corrected chi connectivity index (χ2v) is 7.72. The fourth-order valence-electron chi connectivity index (χ4n) is 3.14. The summed E-state index contributed by atoms with van der Waals surface area (Å²) in [6, 6.07) is 16.9. The summed E-state index contributed by atoms with van der Waals surface area (Å²) in [4.78, 5) is 11.9. The molecular weight excluding hydrogens is 316 g/mol. The van der Waals surface area contributed by atoms with Gasteiger partial charge in [0.2, 0.25) is 0 Å². The Morgan fingerprint density at radius 2 is 1.46 bits per heavy atom. The average Bonchev–Trinajstić information content (AvgIpc) is 2.65. The van der Waals surface area contributed by atoms with E-state index in [0.29, 0.717) is 5.57 Å². The summed E-state index contributed by atoms with van der Waals surface area (Å²) in [7, 11) is 0. The van der Waals surface area contributed by atoms with Crippen LogP contribution in [0.5, 0.6) is 0 Å². The zero-order chi connectivity index (χ0) is 19.3. The molecule has 0 bridgehead atoms. The van der Waals surface area contributed by atoms with Gasteiger partial charge < -0.3 is 0 Å². The largest absolute Gasteiger partial charge is 0.298 e. The summed E-state index contributed by atoms with van der Waals surface area (Å²) in [6.45, 7) is 15.1. The molecule has 2 aromatic carbocycles. The Bertz CT molecular complexity index is 797. The summed E-state index contributed by atoms with van der Waals surface area (Å²) in [5.41, 5.74) is 7.32. The summed E-state index contributed by atoms with van der Waals surface area (Å²) in [5.74, 6) is 0. The molecule has 2 aromatic rings. The van der Waals surface area contributed by atoms with Gasteiger partial charge in [-0.1, -0.05) is 89.7 Å². The highest BCUT2D eigenvalue weighted by atomic mass is 16.1. The highest BCUT2D eigenvalue weighted by molar-refractivity contribution is 6.06. The molecule has 0 aliphatic heterocycles. The predicted octanol–water partition coefficient (Wildman–Crippen LogP) is 6.62. The van der Waals surface area contributed by atoms with Crippen LogP contribution in [-0.4, -0.2) is 6.29 Å². The third-order valence-corrected chi connectivity index (χ3v) is 4.93. The maximum Gasteiger partial charge on any atom is 0.150 e. The normalized spacial score (nSPS) is 12.5. The van der Waals surface area contributed by atoms with Gasteiger partial charge in [-0.25, -0.2) is 0 Å². The van der Waals surface area contributed by atoms with Crippen LogP contribution in [0.2, 0.25) is 0 Å². The maximum atomic E-state index is 11.9.